The summed E-state index contributed by atoms with van der Waals surface area (Å²) in [6.07, 6.45) is 0.272. The highest BCUT2D eigenvalue weighted by atomic mass is 35.5. The van der Waals surface area contributed by atoms with Crippen LogP contribution in [0.2, 0.25) is 5.02 Å². The fourth-order valence-electron chi connectivity index (χ4n) is 2.94. The maximum absolute atomic E-state index is 12.4. The molecule has 0 aromatic heterocycles. The van der Waals surface area contributed by atoms with Gasteiger partial charge in [-0.3, -0.25) is 4.72 Å². The topological polar surface area (TPSA) is 70.0 Å². The molecule has 0 saturated carbocycles. The van der Waals surface area contributed by atoms with Crippen LogP contribution in [0, 0.1) is 17.2 Å². The smallest absolute Gasteiger partial charge is 0.232 e. The van der Waals surface area contributed by atoms with E-state index in [9.17, 15) is 13.7 Å². The monoisotopic (exact) mass is 402 g/mol. The third-order valence-electron chi connectivity index (χ3n) is 4.19. The molecular weight excluding hydrogens is 380 g/mol. The van der Waals surface area contributed by atoms with Crippen LogP contribution >= 0.6 is 11.6 Å². The summed E-state index contributed by atoms with van der Waals surface area (Å²) in [5, 5.41) is 10.7. The number of benzene rings is 2. The van der Waals surface area contributed by atoms with Crippen molar-refractivity contribution in [2.45, 2.75) is 25.7 Å². The summed E-state index contributed by atoms with van der Waals surface area (Å²) in [6, 6.07) is 18.6. The van der Waals surface area contributed by atoms with Crippen LogP contribution in [0.5, 0.6) is 0 Å². The Morgan fingerprint density at radius 2 is 1.78 bits per heavy atom. The molecule has 0 heterocycles. The Hall–Kier alpha value is -2.29. The lowest BCUT2D eigenvalue weighted by molar-refractivity contribution is 0.558. The molecule has 1 atom stereocenters. The van der Waals surface area contributed by atoms with E-state index in [1.54, 1.807) is 24.3 Å². The van der Waals surface area contributed by atoms with Gasteiger partial charge in [0, 0.05) is 17.1 Å². The van der Waals surface area contributed by atoms with Gasteiger partial charge in [0.25, 0.3) is 0 Å². The maximum Gasteiger partial charge on any atom is 0.232 e. The van der Waals surface area contributed by atoms with Gasteiger partial charge in [0.1, 0.15) is 5.41 Å². The zero-order chi connectivity index (χ0) is 20.1. The molecule has 0 saturated heterocycles. The molecule has 0 radical (unpaired) electrons. The van der Waals surface area contributed by atoms with E-state index >= 15 is 0 Å². The number of nitriles is 1. The molecule has 2 aromatic carbocycles. The Morgan fingerprint density at radius 3 is 2.30 bits per heavy atom. The van der Waals surface area contributed by atoms with Gasteiger partial charge in [0.2, 0.25) is 10.0 Å². The number of hydrogen-bond donors (Lipinski definition) is 1. The molecule has 6 heteroatoms. The van der Waals surface area contributed by atoms with Gasteiger partial charge in [0.15, 0.2) is 0 Å². The third kappa shape index (κ3) is 5.35. The molecule has 0 bridgehead atoms. The SMILES string of the molecule is C=C(NS(=O)(=O)CC(C)C)C(C#N)(Cc1ccc(Cl)cc1)c1ccccc1. The third-order valence-corrected chi connectivity index (χ3v) is 6.10. The molecule has 1 N–H and O–H groups in total. The van der Waals surface area contributed by atoms with Crippen LogP contribution in [-0.2, 0) is 21.9 Å². The molecule has 0 aliphatic rings. The van der Waals surface area contributed by atoms with Crippen molar-refractivity contribution < 1.29 is 8.42 Å². The molecule has 0 aliphatic carbocycles. The summed E-state index contributed by atoms with van der Waals surface area (Å²) in [4.78, 5) is 0. The fraction of sp³-hybridized carbons (Fsp3) is 0.286. The van der Waals surface area contributed by atoms with Crippen LogP contribution in [0.4, 0.5) is 0 Å². The lowest BCUT2D eigenvalue weighted by Gasteiger charge is -2.30. The minimum Gasteiger partial charge on any atom is -0.286 e. The number of nitrogens with zero attached hydrogens (tertiary/aromatic N) is 1. The molecule has 0 spiro atoms. The summed E-state index contributed by atoms with van der Waals surface area (Å²) in [5.41, 5.74) is 0.444. The summed E-state index contributed by atoms with van der Waals surface area (Å²) >= 11 is 5.96. The standard InChI is InChI=1S/C21H23ClN2O2S/c1-16(2)14-27(25,26)24-17(3)21(15-23,19-7-5-4-6-8-19)13-18-9-11-20(22)12-10-18/h4-12,16,24H,3,13-14H2,1-2H3. The van der Waals surface area contributed by atoms with Crippen molar-refractivity contribution in [3.05, 3.63) is 83.0 Å². The summed E-state index contributed by atoms with van der Waals surface area (Å²) in [5.74, 6) is -0.0803. The van der Waals surface area contributed by atoms with Gasteiger partial charge >= 0.3 is 0 Å². The van der Waals surface area contributed by atoms with Gasteiger partial charge in [-0.05, 0) is 29.2 Å². The van der Waals surface area contributed by atoms with Crippen molar-refractivity contribution in [3.63, 3.8) is 0 Å². The average Bonchev–Trinajstić information content (AvgIpc) is 2.60. The van der Waals surface area contributed by atoms with E-state index in [2.05, 4.69) is 17.4 Å². The number of allylic oxidation sites excluding steroid dienone is 1. The van der Waals surface area contributed by atoms with Gasteiger partial charge in [-0.1, -0.05) is 74.5 Å². The first-order chi connectivity index (χ1) is 12.7. The average molecular weight is 403 g/mol. The van der Waals surface area contributed by atoms with Gasteiger partial charge < -0.3 is 0 Å². The van der Waals surface area contributed by atoms with E-state index in [1.165, 1.54) is 0 Å². The predicted octanol–water partition coefficient (Wildman–Crippen LogP) is 4.43. The molecule has 0 amide bonds. The van der Waals surface area contributed by atoms with Crippen molar-refractivity contribution in [3.8, 4) is 6.07 Å². The van der Waals surface area contributed by atoms with Crippen LogP contribution in [0.25, 0.3) is 0 Å². The van der Waals surface area contributed by atoms with E-state index in [4.69, 9.17) is 11.6 Å². The minimum atomic E-state index is -3.60. The molecule has 142 valence electrons. The van der Waals surface area contributed by atoms with E-state index in [-0.39, 0.29) is 23.8 Å². The summed E-state index contributed by atoms with van der Waals surface area (Å²) in [7, 11) is -3.60. The lowest BCUT2D eigenvalue weighted by atomic mass is 9.74. The van der Waals surface area contributed by atoms with Gasteiger partial charge in [-0.2, -0.15) is 5.26 Å². The zero-order valence-corrected chi connectivity index (χ0v) is 17.0. The highest BCUT2D eigenvalue weighted by Crippen LogP contribution is 2.34. The van der Waals surface area contributed by atoms with E-state index in [0.29, 0.717) is 10.6 Å². The predicted molar refractivity (Wildman–Crippen MR) is 110 cm³/mol. The fourth-order valence-corrected chi connectivity index (χ4v) is 4.58. The Morgan fingerprint density at radius 1 is 1.19 bits per heavy atom. The summed E-state index contributed by atoms with van der Waals surface area (Å²) < 4.78 is 27.4. The van der Waals surface area contributed by atoms with Crippen LogP contribution < -0.4 is 4.72 Å². The largest absolute Gasteiger partial charge is 0.286 e. The molecule has 4 nitrogen and oxygen atoms in total. The van der Waals surface area contributed by atoms with Crippen LogP contribution in [0.3, 0.4) is 0 Å². The van der Waals surface area contributed by atoms with Gasteiger partial charge in [-0.15, -0.1) is 0 Å². The molecule has 27 heavy (non-hydrogen) atoms. The number of sulfonamides is 1. The molecule has 1 unspecified atom stereocenters. The quantitative estimate of drug-likeness (QED) is 0.709. The van der Waals surface area contributed by atoms with Gasteiger partial charge in [-0.25, -0.2) is 8.42 Å². The molecular formula is C21H23ClN2O2S. The minimum absolute atomic E-state index is 0.0384. The first kappa shape index (κ1) is 21.0. The zero-order valence-electron chi connectivity index (χ0n) is 15.4. The second-order valence-corrected chi connectivity index (χ2v) is 9.15. The van der Waals surface area contributed by atoms with Crippen molar-refractivity contribution in [1.82, 2.24) is 4.72 Å². The highest BCUT2D eigenvalue weighted by Gasteiger charge is 2.38. The van der Waals surface area contributed by atoms with E-state index in [1.807, 2.05) is 44.2 Å². The van der Waals surface area contributed by atoms with Crippen LogP contribution in [-0.4, -0.2) is 14.2 Å². The molecule has 0 fully saturated rings. The highest BCUT2D eigenvalue weighted by molar-refractivity contribution is 7.89. The Kier molecular flexibility index (Phi) is 6.69. The second-order valence-electron chi connectivity index (χ2n) is 6.94. The number of nitrogens with one attached hydrogen (secondary N) is 1. The molecule has 0 aliphatic heterocycles. The van der Waals surface area contributed by atoms with Gasteiger partial charge in [0.05, 0.1) is 11.8 Å². The maximum atomic E-state index is 12.4. The first-order valence-electron chi connectivity index (χ1n) is 8.59. The molecule has 2 aromatic rings. The first-order valence-corrected chi connectivity index (χ1v) is 10.6. The van der Waals surface area contributed by atoms with E-state index in [0.717, 1.165) is 5.56 Å². The number of rotatable bonds is 8. The van der Waals surface area contributed by atoms with Crippen molar-refractivity contribution >= 4 is 21.6 Å². The number of halogens is 1. The van der Waals surface area contributed by atoms with Crippen molar-refractivity contribution in [2.75, 3.05) is 5.75 Å². The Bertz CT molecular complexity index is 932. The number of hydrogen-bond acceptors (Lipinski definition) is 3. The van der Waals surface area contributed by atoms with E-state index < -0.39 is 15.4 Å². The molecule has 2 rings (SSSR count). The Labute approximate surface area is 166 Å². The Balaban J connectivity index is 2.47. The normalized spacial score (nSPS) is 13.6. The van der Waals surface area contributed by atoms with Crippen molar-refractivity contribution in [2.24, 2.45) is 5.92 Å². The van der Waals surface area contributed by atoms with Crippen LogP contribution in [0.1, 0.15) is 25.0 Å². The lowest BCUT2D eigenvalue weighted by Crippen LogP contribution is -2.40. The van der Waals surface area contributed by atoms with Crippen LogP contribution in [0.15, 0.2) is 66.9 Å². The second kappa shape index (κ2) is 8.60. The van der Waals surface area contributed by atoms with Crippen molar-refractivity contribution in [1.29, 1.82) is 5.26 Å². The summed E-state index contributed by atoms with van der Waals surface area (Å²) in [6.45, 7) is 7.59.